The minimum absolute atomic E-state index is 0.102. The van der Waals surface area contributed by atoms with Gasteiger partial charge in [0.05, 0.1) is 16.5 Å². The molecule has 114 valence electrons. The third kappa shape index (κ3) is 3.03. The van der Waals surface area contributed by atoms with Crippen molar-refractivity contribution in [1.29, 1.82) is 0 Å². The van der Waals surface area contributed by atoms with E-state index in [1.165, 1.54) is 0 Å². The molecule has 2 aromatic rings. The molecule has 1 aliphatic heterocycles. The monoisotopic (exact) mass is 347 g/mol. The standard InChI is InChI=1S/C13H15Cl2N3O2S/c14-4-1-12-17-11-7-9(15)8-16-13(11)18(12)10-2-5-21(19,20)6-3-10/h7-8,10H,1-6H2. The van der Waals surface area contributed by atoms with Crippen molar-refractivity contribution in [2.75, 3.05) is 17.4 Å². The van der Waals surface area contributed by atoms with E-state index in [-0.39, 0.29) is 17.5 Å². The number of rotatable bonds is 3. The van der Waals surface area contributed by atoms with Gasteiger partial charge in [-0.25, -0.2) is 18.4 Å². The van der Waals surface area contributed by atoms with Crippen molar-refractivity contribution in [1.82, 2.24) is 14.5 Å². The van der Waals surface area contributed by atoms with Crippen molar-refractivity contribution in [2.45, 2.75) is 25.3 Å². The largest absolute Gasteiger partial charge is 0.309 e. The van der Waals surface area contributed by atoms with Crippen molar-refractivity contribution in [3.8, 4) is 0 Å². The second-order valence-electron chi connectivity index (χ2n) is 5.22. The number of sulfone groups is 1. The third-order valence-corrected chi connectivity index (χ3v) is 5.89. The highest BCUT2D eigenvalue weighted by molar-refractivity contribution is 7.91. The van der Waals surface area contributed by atoms with Crippen LogP contribution in [0.25, 0.3) is 11.2 Å². The van der Waals surface area contributed by atoms with E-state index in [4.69, 9.17) is 23.2 Å². The number of aromatic nitrogens is 3. The lowest BCUT2D eigenvalue weighted by Crippen LogP contribution is -2.26. The topological polar surface area (TPSA) is 64.8 Å². The van der Waals surface area contributed by atoms with Crippen LogP contribution in [0.4, 0.5) is 0 Å². The van der Waals surface area contributed by atoms with Gasteiger partial charge in [-0.3, -0.25) is 0 Å². The summed E-state index contributed by atoms with van der Waals surface area (Å²) in [6.45, 7) is 0. The maximum atomic E-state index is 11.6. The summed E-state index contributed by atoms with van der Waals surface area (Å²) in [5, 5.41) is 0.538. The summed E-state index contributed by atoms with van der Waals surface area (Å²) in [4.78, 5) is 8.93. The van der Waals surface area contributed by atoms with Gasteiger partial charge in [-0.2, -0.15) is 0 Å². The normalized spacial score (nSPS) is 19.1. The molecule has 0 saturated carbocycles. The summed E-state index contributed by atoms with van der Waals surface area (Å²) < 4.78 is 25.3. The van der Waals surface area contributed by atoms with E-state index < -0.39 is 9.84 Å². The second-order valence-corrected chi connectivity index (χ2v) is 8.33. The highest BCUT2D eigenvalue weighted by Gasteiger charge is 2.28. The first kappa shape index (κ1) is 15.1. The second kappa shape index (κ2) is 5.74. The molecule has 0 aromatic carbocycles. The van der Waals surface area contributed by atoms with Crippen LogP contribution in [0.1, 0.15) is 24.7 Å². The molecule has 3 rings (SSSR count). The lowest BCUT2D eigenvalue weighted by atomic mass is 10.1. The molecule has 21 heavy (non-hydrogen) atoms. The first-order valence-electron chi connectivity index (χ1n) is 6.79. The van der Waals surface area contributed by atoms with Crippen LogP contribution >= 0.6 is 23.2 Å². The molecule has 0 unspecified atom stereocenters. The average Bonchev–Trinajstić information content (AvgIpc) is 2.76. The summed E-state index contributed by atoms with van der Waals surface area (Å²) in [6.07, 6.45) is 3.39. The predicted octanol–water partition coefficient (Wildman–Crippen LogP) is 2.62. The Labute approximate surface area is 133 Å². The van der Waals surface area contributed by atoms with Crippen LogP contribution in [0.5, 0.6) is 0 Å². The van der Waals surface area contributed by atoms with Crippen molar-refractivity contribution < 1.29 is 8.42 Å². The van der Waals surface area contributed by atoms with Gasteiger partial charge in [0, 0.05) is 24.5 Å². The quantitative estimate of drug-likeness (QED) is 0.800. The van der Waals surface area contributed by atoms with E-state index in [9.17, 15) is 8.42 Å². The van der Waals surface area contributed by atoms with Crippen molar-refractivity contribution in [3.63, 3.8) is 0 Å². The Bertz CT molecular complexity index is 759. The number of aryl methyl sites for hydroxylation is 1. The van der Waals surface area contributed by atoms with Crippen LogP contribution in [0.15, 0.2) is 12.3 Å². The van der Waals surface area contributed by atoms with E-state index in [2.05, 4.69) is 9.97 Å². The Morgan fingerprint density at radius 1 is 1.33 bits per heavy atom. The van der Waals surface area contributed by atoms with Gasteiger partial charge in [0.1, 0.15) is 21.2 Å². The third-order valence-electron chi connectivity index (χ3n) is 3.78. The zero-order chi connectivity index (χ0) is 15.0. The van der Waals surface area contributed by atoms with Gasteiger partial charge in [0.2, 0.25) is 0 Å². The van der Waals surface area contributed by atoms with Gasteiger partial charge in [0.15, 0.2) is 5.65 Å². The zero-order valence-electron chi connectivity index (χ0n) is 11.3. The van der Waals surface area contributed by atoms with E-state index >= 15 is 0 Å². The van der Waals surface area contributed by atoms with Crippen LogP contribution in [-0.4, -0.2) is 40.3 Å². The van der Waals surface area contributed by atoms with Gasteiger partial charge >= 0.3 is 0 Å². The molecule has 1 saturated heterocycles. The van der Waals surface area contributed by atoms with Gasteiger partial charge in [-0.1, -0.05) is 11.6 Å². The Kier molecular flexibility index (Phi) is 4.12. The Morgan fingerprint density at radius 3 is 2.71 bits per heavy atom. The SMILES string of the molecule is O=S1(=O)CCC(n2c(CCCl)nc3cc(Cl)cnc32)CC1. The fraction of sp³-hybridized carbons (Fsp3) is 0.538. The number of hydrogen-bond acceptors (Lipinski definition) is 4. The van der Waals surface area contributed by atoms with Crippen LogP contribution in [-0.2, 0) is 16.3 Å². The number of halogens is 2. The van der Waals surface area contributed by atoms with E-state index in [1.807, 2.05) is 4.57 Å². The first-order chi connectivity index (χ1) is 10.00. The number of pyridine rings is 1. The molecule has 1 aliphatic rings. The van der Waals surface area contributed by atoms with E-state index in [0.29, 0.717) is 30.2 Å². The molecule has 8 heteroatoms. The summed E-state index contributed by atoms with van der Waals surface area (Å²) in [5.41, 5.74) is 1.49. The van der Waals surface area contributed by atoms with Crippen molar-refractivity contribution in [2.24, 2.45) is 0 Å². The first-order valence-corrected chi connectivity index (χ1v) is 9.52. The molecule has 1 fully saturated rings. The van der Waals surface area contributed by atoms with Crippen LogP contribution in [0.2, 0.25) is 5.02 Å². The maximum absolute atomic E-state index is 11.6. The van der Waals surface area contributed by atoms with Crippen molar-refractivity contribution in [3.05, 3.63) is 23.1 Å². The highest BCUT2D eigenvalue weighted by Crippen LogP contribution is 2.30. The Morgan fingerprint density at radius 2 is 2.05 bits per heavy atom. The molecule has 3 heterocycles. The molecule has 2 aromatic heterocycles. The van der Waals surface area contributed by atoms with Crippen LogP contribution < -0.4 is 0 Å². The Balaban J connectivity index is 2.05. The van der Waals surface area contributed by atoms with Crippen LogP contribution in [0.3, 0.4) is 0 Å². The molecule has 0 aliphatic carbocycles. The van der Waals surface area contributed by atoms with Crippen LogP contribution in [0, 0.1) is 0 Å². The molecular formula is C13H15Cl2N3O2S. The minimum atomic E-state index is -2.89. The van der Waals surface area contributed by atoms with Gasteiger partial charge in [-0.05, 0) is 18.9 Å². The van der Waals surface area contributed by atoms with E-state index in [1.54, 1.807) is 12.3 Å². The summed E-state index contributed by atoms with van der Waals surface area (Å²) in [7, 11) is -2.89. The number of hydrogen-bond donors (Lipinski definition) is 0. The zero-order valence-corrected chi connectivity index (χ0v) is 13.6. The average molecular weight is 348 g/mol. The molecule has 0 radical (unpaired) electrons. The highest BCUT2D eigenvalue weighted by atomic mass is 35.5. The summed E-state index contributed by atoms with van der Waals surface area (Å²) >= 11 is 11.8. The lowest BCUT2D eigenvalue weighted by Gasteiger charge is -2.25. The molecule has 0 atom stereocenters. The summed E-state index contributed by atoms with van der Waals surface area (Å²) in [6, 6.07) is 1.88. The fourth-order valence-electron chi connectivity index (χ4n) is 2.78. The number of imidazole rings is 1. The number of nitrogens with zero attached hydrogens (tertiary/aromatic N) is 3. The molecule has 0 bridgehead atoms. The minimum Gasteiger partial charge on any atom is -0.309 e. The molecule has 0 N–H and O–H groups in total. The predicted molar refractivity (Wildman–Crippen MR) is 83.9 cm³/mol. The molecule has 0 amide bonds. The smallest absolute Gasteiger partial charge is 0.160 e. The Hall–Kier alpha value is -0.850. The van der Waals surface area contributed by atoms with Gasteiger partial charge in [0.25, 0.3) is 0 Å². The lowest BCUT2D eigenvalue weighted by molar-refractivity contribution is 0.445. The molecular weight excluding hydrogens is 333 g/mol. The van der Waals surface area contributed by atoms with Gasteiger partial charge < -0.3 is 4.57 Å². The fourth-order valence-corrected chi connectivity index (χ4v) is 4.57. The number of alkyl halides is 1. The molecule has 5 nitrogen and oxygen atoms in total. The van der Waals surface area contributed by atoms with Crippen molar-refractivity contribution >= 4 is 44.2 Å². The number of fused-ring (bicyclic) bond motifs is 1. The molecule has 0 spiro atoms. The maximum Gasteiger partial charge on any atom is 0.160 e. The van der Waals surface area contributed by atoms with Gasteiger partial charge in [-0.15, -0.1) is 11.6 Å². The summed E-state index contributed by atoms with van der Waals surface area (Å²) in [5.74, 6) is 1.73. The van der Waals surface area contributed by atoms with E-state index in [0.717, 1.165) is 17.0 Å².